The first-order valence-corrected chi connectivity index (χ1v) is 9.51. The number of amides is 1. The van der Waals surface area contributed by atoms with Gasteiger partial charge in [-0.25, -0.2) is 4.98 Å². The fourth-order valence-electron chi connectivity index (χ4n) is 3.44. The van der Waals surface area contributed by atoms with Crippen molar-refractivity contribution < 1.29 is 14.3 Å². The monoisotopic (exact) mass is 399 g/mol. The van der Waals surface area contributed by atoms with E-state index < -0.39 is 0 Å². The highest BCUT2D eigenvalue weighted by Gasteiger charge is 2.14. The zero-order valence-electron chi connectivity index (χ0n) is 17.0. The van der Waals surface area contributed by atoms with Crippen molar-refractivity contribution >= 4 is 23.0 Å². The lowest BCUT2D eigenvalue weighted by molar-refractivity contribution is -0.114. The zero-order valence-corrected chi connectivity index (χ0v) is 17.0. The van der Waals surface area contributed by atoms with Crippen LogP contribution < -0.4 is 10.1 Å². The highest BCUT2D eigenvalue weighted by molar-refractivity contribution is 5.96. The van der Waals surface area contributed by atoms with Gasteiger partial charge in [-0.05, 0) is 36.8 Å². The van der Waals surface area contributed by atoms with Crippen molar-refractivity contribution in [3.63, 3.8) is 0 Å². The van der Waals surface area contributed by atoms with Crippen LogP contribution in [-0.4, -0.2) is 28.2 Å². The van der Waals surface area contributed by atoms with Gasteiger partial charge in [-0.2, -0.15) is 0 Å². The van der Waals surface area contributed by atoms with Crippen molar-refractivity contribution in [1.82, 2.24) is 9.38 Å². The molecule has 1 amide bonds. The van der Waals surface area contributed by atoms with E-state index in [-0.39, 0.29) is 11.7 Å². The van der Waals surface area contributed by atoms with Crippen molar-refractivity contribution in [3.8, 4) is 28.1 Å². The number of benzene rings is 2. The minimum Gasteiger partial charge on any atom is -0.497 e. The molecule has 2 aromatic carbocycles. The van der Waals surface area contributed by atoms with Gasteiger partial charge in [0.2, 0.25) is 5.91 Å². The standard InChI is InChI=1S/C24H21N3O3/c1-15(28)17-6-4-8-19(10-17)23-13-25-24-22(26-16(2)29)12-20(14-27(23)24)18-7-5-9-21(11-18)30-3/h4-14H,1-3H3,(H,26,29). The highest BCUT2D eigenvalue weighted by Crippen LogP contribution is 2.31. The Hall–Kier alpha value is -3.93. The molecule has 0 aliphatic heterocycles. The topological polar surface area (TPSA) is 72.7 Å². The van der Waals surface area contributed by atoms with Crippen LogP contribution in [0, 0.1) is 0 Å². The quantitative estimate of drug-likeness (QED) is 0.488. The molecule has 0 saturated heterocycles. The number of carbonyl (C=O) groups excluding carboxylic acids is 2. The van der Waals surface area contributed by atoms with Gasteiger partial charge in [-0.1, -0.05) is 30.3 Å². The lowest BCUT2D eigenvalue weighted by atomic mass is 10.1. The van der Waals surface area contributed by atoms with E-state index in [9.17, 15) is 9.59 Å². The van der Waals surface area contributed by atoms with E-state index in [0.717, 1.165) is 28.1 Å². The number of hydrogen-bond acceptors (Lipinski definition) is 4. The summed E-state index contributed by atoms with van der Waals surface area (Å²) in [6.07, 6.45) is 3.72. The Morgan fingerprint density at radius 3 is 2.47 bits per heavy atom. The van der Waals surface area contributed by atoms with Gasteiger partial charge in [0.05, 0.1) is 24.7 Å². The number of rotatable bonds is 5. The number of pyridine rings is 1. The fraction of sp³-hybridized carbons (Fsp3) is 0.125. The maximum Gasteiger partial charge on any atom is 0.221 e. The van der Waals surface area contributed by atoms with Crippen LogP contribution in [0.4, 0.5) is 5.69 Å². The van der Waals surface area contributed by atoms with Crippen molar-refractivity contribution in [3.05, 3.63) is 72.6 Å². The van der Waals surface area contributed by atoms with Crippen LogP contribution in [0.1, 0.15) is 24.2 Å². The average Bonchev–Trinajstić information content (AvgIpc) is 3.18. The molecule has 0 atom stereocenters. The summed E-state index contributed by atoms with van der Waals surface area (Å²) in [5, 5.41) is 2.87. The number of nitrogens with zero attached hydrogens (tertiary/aromatic N) is 2. The maximum absolute atomic E-state index is 11.8. The summed E-state index contributed by atoms with van der Waals surface area (Å²) in [5.74, 6) is 0.568. The number of carbonyl (C=O) groups is 2. The molecule has 1 N–H and O–H groups in total. The molecule has 6 heteroatoms. The Labute approximate surface area is 174 Å². The van der Waals surface area contributed by atoms with Crippen LogP contribution in [-0.2, 0) is 4.79 Å². The van der Waals surface area contributed by atoms with Gasteiger partial charge in [0.1, 0.15) is 5.75 Å². The first-order chi connectivity index (χ1) is 14.5. The van der Waals surface area contributed by atoms with Crippen molar-refractivity contribution in [2.75, 3.05) is 12.4 Å². The van der Waals surface area contributed by atoms with Crippen molar-refractivity contribution in [2.45, 2.75) is 13.8 Å². The number of methoxy groups -OCH3 is 1. The number of nitrogens with one attached hydrogen (secondary N) is 1. The first-order valence-electron chi connectivity index (χ1n) is 9.51. The lowest BCUT2D eigenvalue weighted by Gasteiger charge is -2.12. The fourth-order valence-corrected chi connectivity index (χ4v) is 3.44. The van der Waals surface area contributed by atoms with Crippen LogP contribution in [0.15, 0.2) is 67.0 Å². The number of fused-ring (bicyclic) bond motifs is 1. The molecule has 0 unspecified atom stereocenters. The summed E-state index contributed by atoms with van der Waals surface area (Å²) in [7, 11) is 1.63. The summed E-state index contributed by atoms with van der Waals surface area (Å²) in [5.41, 5.74) is 5.40. The summed E-state index contributed by atoms with van der Waals surface area (Å²) in [6.45, 7) is 3.01. The normalized spacial score (nSPS) is 10.8. The molecule has 2 heterocycles. The second-order valence-electron chi connectivity index (χ2n) is 7.03. The van der Waals surface area contributed by atoms with Crippen LogP contribution in [0.2, 0.25) is 0 Å². The second-order valence-corrected chi connectivity index (χ2v) is 7.03. The van der Waals surface area contributed by atoms with Crippen LogP contribution in [0.3, 0.4) is 0 Å². The molecule has 4 aromatic rings. The SMILES string of the molecule is COc1cccc(-c2cc(NC(C)=O)c3ncc(-c4cccc(C(C)=O)c4)n3c2)c1. The molecular weight excluding hydrogens is 378 g/mol. The molecule has 2 aromatic heterocycles. The van der Waals surface area contributed by atoms with Gasteiger partial charge in [0.15, 0.2) is 11.4 Å². The average molecular weight is 399 g/mol. The van der Waals surface area contributed by atoms with E-state index in [1.165, 1.54) is 6.92 Å². The molecule has 0 aliphatic rings. The van der Waals surface area contributed by atoms with Gasteiger partial charge in [0, 0.05) is 29.8 Å². The largest absolute Gasteiger partial charge is 0.497 e. The maximum atomic E-state index is 11.8. The van der Waals surface area contributed by atoms with Crippen molar-refractivity contribution in [2.24, 2.45) is 0 Å². The van der Waals surface area contributed by atoms with Crippen molar-refractivity contribution in [1.29, 1.82) is 0 Å². The molecule has 150 valence electrons. The molecule has 0 saturated carbocycles. The molecule has 0 fully saturated rings. The Morgan fingerprint density at radius 1 is 0.967 bits per heavy atom. The van der Waals surface area contributed by atoms with E-state index in [0.29, 0.717) is 16.9 Å². The van der Waals surface area contributed by atoms with Crippen LogP contribution >= 0.6 is 0 Å². The van der Waals surface area contributed by atoms with E-state index in [1.807, 2.05) is 59.1 Å². The third-order valence-electron chi connectivity index (χ3n) is 4.88. The number of hydrogen-bond donors (Lipinski definition) is 1. The predicted molar refractivity (Wildman–Crippen MR) is 117 cm³/mol. The third-order valence-corrected chi connectivity index (χ3v) is 4.88. The smallest absolute Gasteiger partial charge is 0.221 e. The minimum atomic E-state index is -0.178. The predicted octanol–water partition coefficient (Wildman–Crippen LogP) is 4.84. The highest BCUT2D eigenvalue weighted by atomic mass is 16.5. The Kier molecular flexibility index (Phi) is 5.06. The lowest BCUT2D eigenvalue weighted by Crippen LogP contribution is -2.08. The van der Waals surface area contributed by atoms with Gasteiger partial charge < -0.3 is 10.1 Å². The number of Topliss-reactive ketones (excluding diaryl/α,β-unsaturated/α-hetero) is 1. The Morgan fingerprint density at radius 2 is 1.73 bits per heavy atom. The van der Waals surface area contributed by atoms with Gasteiger partial charge >= 0.3 is 0 Å². The molecule has 4 rings (SSSR count). The number of aromatic nitrogens is 2. The van der Waals surface area contributed by atoms with Crippen LogP contribution in [0.5, 0.6) is 5.75 Å². The van der Waals surface area contributed by atoms with E-state index >= 15 is 0 Å². The third kappa shape index (κ3) is 3.67. The van der Waals surface area contributed by atoms with Crippen LogP contribution in [0.25, 0.3) is 28.0 Å². The molecule has 0 radical (unpaired) electrons. The zero-order chi connectivity index (χ0) is 21.3. The summed E-state index contributed by atoms with van der Waals surface area (Å²) in [4.78, 5) is 28.1. The Balaban J connectivity index is 1.94. The van der Waals surface area contributed by atoms with E-state index in [2.05, 4.69) is 10.3 Å². The Bertz CT molecular complexity index is 1270. The summed E-state index contributed by atoms with van der Waals surface area (Å²) >= 11 is 0. The van der Waals surface area contributed by atoms with Gasteiger partial charge in [0.25, 0.3) is 0 Å². The summed E-state index contributed by atoms with van der Waals surface area (Å²) in [6, 6.07) is 17.0. The molecule has 6 nitrogen and oxygen atoms in total. The molecule has 30 heavy (non-hydrogen) atoms. The number of ketones is 1. The molecular formula is C24H21N3O3. The van der Waals surface area contributed by atoms with E-state index in [4.69, 9.17) is 4.74 Å². The molecule has 0 spiro atoms. The number of ether oxygens (including phenoxy) is 1. The van der Waals surface area contributed by atoms with Gasteiger partial charge in [-0.3, -0.25) is 14.0 Å². The number of anilines is 1. The molecule has 0 bridgehead atoms. The molecule has 0 aliphatic carbocycles. The first kappa shape index (κ1) is 19.4. The summed E-state index contributed by atoms with van der Waals surface area (Å²) < 4.78 is 7.28. The van der Waals surface area contributed by atoms with E-state index in [1.54, 1.807) is 26.3 Å². The van der Waals surface area contributed by atoms with Gasteiger partial charge in [-0.15, -0.1) is 0 Å². The number of imidazole rings is 1. The minimum absolute atomic E-state index is 0.00155. The second kappa shape index (κ2) is 7.83.